The number of rotatable bonds is 4. The molecule has 0 radical (unpaired) electrons. The molecule has 3 rings (SSSR count). The molecule has 0 saturated heterocycles. The van der Waals surface area contributed by atoms with Gasteiger partial charge in [-0.2, -0.15) is 0 Å². The Morgan fingerprint density at radius 2 is 2.05 bits per heavy atom. The predicted octanol–water partition coefficient (Wildman–Crippen LogP) is 4.43. The number of ether oxygens (including phenoxy) is 2. The highest BCUT2D eigenvalue weighted by Gasteiger charge is 2.23. The Morgan fingerprint density at radius 3 is 2.90 bits per heavy atom. The van der Waals surface area contributed by atoms with E-state index in [1.165, 1.54) is 32.1 Å². The van der Waals surface area contributed by atoms with E-state index in [0.29, 0.717) is 12.8 Å². The van der Waals surface area contributed by atoms with Crippen molar-refractivity contribution < 1.29 is 9.47 Å². The minimum atomic E-state index is 0.346. The summed E-state index contributed by atoms with van der Waals surface area (Å²) in [6.07, 6.45) is 6.69. The second kappa shape index (κ2) is 5.94. The number of benzene rings is 1. The largest absolute Gasteiger partial charge is 0.454 e. The molecule has 1 heterocycles. The van der Waals surface area contributed by atoms with E-state index in [1.807, 2.05) is 6.07 Å². The highest BCUT2D eigenvalue weighted by molar-refractivity contribution is 5.56. The quantitative estimate of drug-likeness (QED) is 0.881. The van der Waals surface area contributed by atoms with Crippen LogP contribution in [0.25, 0.3) is 0 Å². The average molecular weight is 275 g/mol. The molecular weight excluding hydrogens is 250 g/mol. The molecule has 3 nitrogen and oxygen atoms in total. The zero-order valence-electron chi connectivity index (χ0n) is 12.5. The van der Waals surface area contributed by atoms with E-state index in [0.717, 1.165) is 29.0 Å². The number of fused-ring (bicyclic) bond motifs is 1. The van der Waals surface area contributed by atoms with E-state index in [2.05, 4.69) is 31.3 Å². The van der Waals surface area contributed by atoms with Crippen molar-refractivity contribution >= 4 is 5.69 Å². The highest BCUT2D eigenvalue weighted by Crippen LogP contribution is 2.36. The van der Waals surface area contributed by atoms with Crippen LogP contribution in [0.4, 0.5) is 5.69 Å². The lowest BCUT2D eigenvalue weighted by atomic mass is 9.81. The van der Waals surface area contributed by atoms with Gasteiger partial charge in [-0.1, -0.05) is 26.7 Å². The molecule has 110 valence electrons. The zero-order chi connectivity index (χ0) is 13.9. The smallest absolute Gasteiger partial charge is 0.231 e. The molecule has 0 aromatic heterocycles. The van der Waals surface area contributed by atoms with Gasteiger partial charge in [-0.3, -0.25) is 0 Å². The molecule has 2 aliphatic rings. The molecule has 1 aliphatic heterocycles. The number of hydrogen-bond acceptors (Lipinski definition) is 3. The van der Waals surface area contributed by atoms with Crippen LogP contribution >= 0.6 is 0 Å². The van der Waals surface area contributed by atoms with E-state index in [4.69, 9.17) is 9.47 Å². The van der Waals surface area contributed by atoms with Gasteiger partial charge in [-0.25, -0.2) is 0 Å². The first-order valence-electron chi connectivity index (χ1n) is 7.87. The first-order chi connectivity index (χ1) is 9.70. The molecule has 0 amide bonds. The number of hydrogen-bond donors (Lipinski definition) is 1. The van der Waals surface area contributed by atoms with Gasteiger partial charge >= 0.3 is 0 Å². The van der Waals surface area contributed by atoms with E-state index in [-0.39, 0.29) is 0 Å². The van der Waals surface area contributed by atoms with Gasteiger partial charge in [-0.15, -0.1) is 0 Å². The lowest BCUT2D eigenvalue weighted by Crippen LogP contribution is -2.27. The van der Waals surface area contributed by atoms with Crippen LogP contribution in [0.3, 0.4) is 0 Å². The molecule has 20 heavy (non-hydrogen) atoms. The van der Waals surface area contributed by atoms with Crippen molar-refractivity contribution in [3.8, 4) is 11.5 Å². The summed E-state index contributed by atoms with van der Waals surface area (Å²) in [6, 6.07) is 6.76. The topological polar surface area (TPSA) is 30.5 Å². The molecule has 2 unspecified atom stereocenters. The third-order valence-electron chi connectivity index (χ3n) is 4.33. The van der Waals surface area contributed by atoms with Crippen molar-refractivity contribution in [2.24, 2.45) is 11.8 Å². The SMILES string of the molecule is CC(C)CC1CCCC(Nc2ccc3c(c2)OCO3)C1. The summed E-state index contributed by atoms with van der Waals surface area (Å²) in [7, 11) is 0. The fraction of sp³-hybridized carbons (Fsp3) is 0.647. The van der Waals surface area contributed by atoms with Crippen LogP contribution in [0, 0.1) is 11.8 Å². The van der Waals surface area contributed by atoms with Crippen LogP contribution in [0.5, 0.6) is 11.5 Å². The maximum absolute atomic E-state index is 5.44. The Bertz CT molecular complexity index is 458. The van der Waals surface area contributed by atoms with Gasteiger partial charge in [-0.05, 0) is 43.2 Å². The second-order valence-corrected chi connectivity index (χ2v) is 6.57. The monoisotopic (exact) mass is 275 g/mol. The summed E-state index contributed by atoms with van der Waals surface area (Å²) in [5.74, 6) is 3.42. The van der Waals surface area contributed by atoms with Crippen molar-refractivity contribution in [2.45, 2.75) is 52.0 Å². The third-order valence-corrected chi connectivity index (χ3v) is 4.33. The number of anilines is 1. The molecule has 1 fully saturated rings. The molecule has 3 heteroatoms. The van der Waals surface area contributed by atoms with Crippen LogP contribution < -0.4 is 14.8 Å². The first kappa shape index (κ1) is 13.6. The van der Waals surface area contributed by atoms with Gasteiger partial charge in [0.25, 0.3) is 0 Å². The van der Waals surface area contributed by atoms with E-state index in [9.17, 15) is 0 Å². The summed E-state index contributed by atoms with van der Waals surface area (Å²) in [6.45, 7) is 5.00. The lowest BCUT2D eigenvalue weighted by molar-refractivity contribution is 0.174. The molecule has 1 aliphatic carbocycles. The van der Waals surface area contributed by atoms with Gasteiger partial charge in [0.15, 0.2) is 11.5 Å². The van der Waals surface area contributed by atoms with Crippen LogP contribution in [0.1, 0.15) is 46.0 Å². The van der Waals surface area contributed by atoms with Gasteiger partial charge in [0, 0.05) is 17.8 Å². The minimum absolute atomic E-state index is 0.346. The Hall–Kier alpha value is -1.38. The first-order valence-corrected chi connectivity index (χ1v) is 7.87. The third kappa shape index (κ3) is 3.20. The minimum Gasteiger partial charge on any atom is -0.454 e. The van der Waals surface area contributed by atoms with Crippen LogP contribution in [-0.4, -0.2) is 12.8 Å². The Morgan fingerprint density at radius 1 is 1.20 bits per heavy atom. The van der Waals surface area contributed by atoms with E-state index in [1.54, 1.807) is 0 Å². The molecule has 1 aromatic carbocycles. The molecule has 0 spiro atoms. The Kier molecular flexibility index (Phi) is 4.04. The summed E-state index contributed by atoms with van der Waals surface area (Å²) in [5, 5.41) is 3.68. The Balaban J connectivity index is 1.59. The van der Waals surface area contributed by atoms with Gasteiger partial charge in [0.1, 0.15) is 0 Å². The normalized spacial score (nSPS) is 24.9. The van der Waals surface area contributed by atoms with Crippen molar-refractivity contribution in [1.82, 2.24) is 0 Å². The molecule has 1 aromatic rings. The van der Waals surface area contributed by atoms with Gasteiger partial charge in [0.2, 0.25) is 6.79 Å². The summed E-state index contributed by atoms with van der Waals surface area (Å²) in [4.78, 5) is 0. The van der Waals surface area contributed by atoms with E-state index >= 15 is 0 Å². The maximum atomic E-state index is 5.44. The van der Waals surface area contributed by atoms with Crippen molar-refractivity contribution in [3.05, 3.63) is 18.2 Å². The summed E-state index contributed by atoms with van der Waals surface area (Å²) >= 11 is 0. The van der Waals surface area contributed by atoms with Gasteiger partial charge in [0.05, 0.1) is 0 Å². The summed E-state index contributed by atoms with van der Waals surface area (Å²) in [5.41, 5.74) is 1.16. The lowest BCUT2D eigenvalue weighted by Gasteiger charge is -2.31. The van der Waals surface area contributed by atoms with Crippen LogP contribution in [0.2, 0.25) is 0 Å². The number of nitrogens with one attached hydrogen (secondary N) is 1. The predicted molar refractivity (Wildman–Crippen MR) is 81.4 cm³/mol. The Labute approximate surface area is 121 Å². The zero-order valence-corrected chi connectivity index (χ0v) is 12.5. The second-order valence-electron chi connectivity index (χ2n) is 6.57. The molecule has 1 saturated carbocycles. The molecule has 2 atom stereocenters. The highest BCUT2D eigenvalue weighted by atomic mass is 16.7. The van der Waals surface area contributed by atoms with Gasteiger partial charge < -0.3 is 14.8 Å². The maximum Gasteiger partial charge on any atom is 0.231 e. The van der Waals surface area contributed by atoms with Crippen LogP contribution in [-0.2, 0) is 0 Å². The fourth-order valence-corrected chi connectivity index (χ4v) is 3.52. The summed E-state index contributed by atoms with van der Waals surface area (Å²) < 4.78 is 10.8. The van der Waals surface area contributed by atoms with Crippen molar-refractivity contribution in [2.75, 3.05) is 12.1 Å². The standard InChI is InChI=1S/C17H25NO2/c1-12(2)8-13-4-3-5-14(9-13)18-15-6-7-16-17(10-15)20-11-19-16/h6-7,10,12-14,18H,3-5,8-9,11H2,1-2H3. The van der Waals surface area contributed by atoms with E-state index < -0.39 is 0 Å². The van der Waals surface area contributed by atoms with Crippen LogP contribution in [0.15, 0.2) is 18.2 Å². The molecule has 1 N–H and O–H groups in total. The molecular formula is C17H25NO2. The van der Waals surface area contributed by atoms with Crippen molar-refractivity contribution in [1.29, 1.82) is 0 Å². The van der Waals surface area contributed by atoms with Crippen molar-refractivity contribution in [3.63, 3.8) is 0 Å². The molecule has 0 bridgehead atoms. The average Bonchev–Trinajstić information content (AvgIpc) is 2.85. The fourth-order valence-electron chi connectivity index (χ4n) is 3.52.